The van der Waals surface area contributed by atoms with Crippen LogP contribution < -0.4 is 4.74 Å². The van der Waals surface area contributed by atoms with Crippen LogP contribution in [0.2, 0.25) is 0 Å². The first kappa shape index (κ1) is 19.3. The molecule has 0 bridgehead atoms. The number of hydrogen-bond donors (Lipinski definition) is 0. The molecule has 0 amide bonds. The quantitative estimate of drug-likeness (QED) is 0.621. The number of hydrogen-bond acceptors (Lipinski definition) is 6. The van der Waals surface area contributed by atoms with Gasteiger partial charge in [0.05, 0.1) is 15.4 Å². The number of likely N-dealkylation sites (tertiary alicyclic amines) is 1. The molecule has 3 aromatic heterocycles. The maximum absolute atomic E-state index is 6.29. The zero-order valence-electron chi connectivity index (χ0n) is 17.3. The van der Waals surface area contributed by atoms with E-state index in [1.54, 1.807) is 11.3 Å². The summed E-state index contributed by atoms with van der Waals surface area (Å²) in [5.74, 6) is 0.940. The van der Waals surface area contributed by atoms with E-state index in [1.807, 2.05) is 32.9 Å². The molecule has 1 saturated heterocycles. The van der Waals surface area contributed by atoms with E-state index in [0.717, 1.165) is 57.6 Å². The molecule has 0 spiro atoms. The summed E-state index contributed by atoms with van der Waals surface area (Å²) in [6.45, 7) is 11.6. The number of thiazole rings is 1. The second-order valence-electron chi connectivity index (χ2n) is 7.90. The Labute approximate surface area is 170 Å². The summed E-state index contributed by atoms with van der Waals surface area (Å²) in [5.41, 5.74) is 3.99. The van der Waals surface area contributed by atoms with Crippen LogP contribution in [0.25, 0.3) is 10.3 Å². The minimum absolute atomic E-state index is 0.247. The maximum Gasteiger partial charge on any atom is 0.170 e. The molecule has 5 nitrogen and oxygen atoms in total. The van der Waals surface area contributed by atoms with E-state index in [2.05, 4.69) is 40.8 Å². The Hall–Kier alpha value is -2.05. The van der Waals surface area contributed by atoms with Crippen LogP contribution in [-0.4, -0.2) is 38.5 Å². The molecule has 1 fully saturated rings. The largest absolute Gasteiger partial charge is 0.490 e. The number of piperidine rings is 1. The Bertz CT molecular complexity index is 966. The van der Waals surface area contributed by atoms with E-state index < -0.39 is 0 Å². The van der Waals surface area contributed by atoms with Gasteiger partial charge in [-0.1, -0.05) is 0 Å². The Kier molecular flexibility index (Phi) is 5.34. The molecule has 1 aliphatic heterocycles. The average molecular weight is 397 g/mol. The first-order valence-electron chi connectivity index (χ1n) is 10.0. The molecule has 0 aromatic carbocycles. The lowest BCUT2D eigenvalue weighted by Crippen LogP contribution is -2.45. The lowest BCUT2D eigenvalue weighted by Gasteiger charge is -2.41. The van der Waals surface area contributed by atoms with Gasteiger partial charge in [0.15, 0.2) is 5.65 Å². The number of aromatic nitrogens is 3. The van der Waals surface area contributed by atoms with Crippen molar-refractivity contribution in [3.05, 3.63) is 46.4 Å². The van der Waals surface area contributed by atoms with Gasteiger partial charge < -0.3 is 4.74 Å². The van der Waals surface area contributed by atoms with E-state index in [9.17, 15) is 0 Å². The molecule has 0 aliphatic carbocycles. The van der Waals surface area contributed by atoms with E-state index in [-0.39, 0.29) is 12.1 Å². The molecule has 28 heavy (non-hydrogen) atoms. The van der Waals surface area contributed by atoms with Crippen molar-refractivity contribution in [3.8, 4) is 5.75 Å². The highest BCUT2D eigenvalue weighted by Crippen LogP contribution is 2.31. The summed E-state index contributed by atoms with van der Waals surface area (Å²) in [5, 5.41) is 1.07. The SMILES string of the molecule is Cc1cc(O[C@@H]2CCN([C@@H](C)c3ccc4sc(C)nc4n3)[C@@H](C)C2)cc(C)n1. The Morgan fingerprint density at radius 1 is 1.11 bits per heavy atom. The molecule has 0 saturated carbocycles. The normalized spacial score (nSPS) is 21.8. The van der Waals surface area contributed by atoms with Gasteiger partial charge in [-0.15, -0.1) is 11.3 Å². The van der Waals surface area contributed by atoms with Crippen molar-refractivity contribution in [1.82, 2.24) is 19.9 Å². The second-order valence-corrected chi connectivity index (χ2v) is 9.14. The van der Waals surface area contributed by atoms with Gasteiger partial charge in [0.2, 0.25) is 0 Å². The van der Waals surface area contributed by atoms with Crippen molar-refractivity contribution in [2.24, 2.45) is 0 Å². The number of fused-ring (bicyclic) bond motifs is 1. The monoisotopic (exact) mass is 396 g/mol. The van der Waals surface area contributed by atoms with E-state index in [1.165, 1.54) is 0 Å². The summed E-state index contributed by atoms with van der Waals surface area (Å²) < 4.78 is 7.45. The number of pyridine rings is 2. The fourth-order valence-corrected chi connectivity index (χ4v) is 5.00. The highest BCUT2D eigenvalue weighted by molar-refractivity contribution is 7.18. The molecular formula is C22H28N4OS. The van der Waals surface area contributed by atoms with Gasteiger partial charge in [0.25, 0.3) is 0 Å². The van der Waals surface area contributed by atoms with Gasteiger partial charge in [0.1, 0.15) is 11.9 Å². The molecule has 4 heterocycles. The number of aryl methyl sites for hydroxylation is 3. The summed E-state index contributed by atoms with van der Waals surface area (Å²) >= 11 is 1.70. The summed E-state index contributed by atoms with van der Waals surface area (Å²) in [6, 6.07) is 9.08. The Balaban J connectivity index is 1.44. The summed E-state index contributed by atoms with van der Waals surface area (Å²) in [4.78, 5) is 16.4. The summed E-state index contributed by atoms with van der Waals surface area (Å²) in [6.07, 6.45) is 2.28. The Morgan fingerprint density at radius 2 is 1.86 bits per heavy atom. The Morgan fingerprint density at radius 3 is 2.57 bits per heavy atom. The van der Waals surface area contributed by atoms with Crippen LogP contribution in [0.1, 0.15) is 54.8 Å². The van der Waals surface area contributed by atoms with Crippen molar-refractivity contribution >= 4 is 21.7 Å². The standard InChI is InChI=1S/C22H28N4OS/c1-13-10-19(11-14(2)23-13)27-18-8-9-26(15(3)12-18)16(4)20-6-7-21-22(25-20)24-17(5)28-21/h6-7,10-11,15-16,18H,8-9,12H2,1-5H3/t15-,16-,18+/m0/s1. The van der Waals surface area contributed by atoms with Gasteiger partial charge in [-0.2, -0.15) is 0 Å². The van der Waals surface area contributed by atoms with Crippen LogP contribution in [0, 0.1) is 20.8 Å². The van der Waals surface area contributed by atoms with E-state index >= 15 is 0 Å². The molecule has 3 atom stereocenters. The van der Waals surface area contributed by atoms with Crippen LogP contribution in [-0.2, 0) is 0 Å². The maximum atomic E-state index is 6.29. The predicted molar refractivity (Wildman–Crippen MR) is 114 cm³/mol. The molecule has 1 aliphatic rings. The zero-order chi connectivity index (χ0) is 19.8. The number of rotatable bonds is 4. The molecule has 148 valence electrons. The van der Waals surface area contributed by atoms with Crippen LogP contribution in [0.15, 0.2) is 24.3 Å². The van der Waals surface area contributed by atoms with Crippen molar-refractivity contribution < 1.29 is 4.74 Å². The van der Waals surface area contributed by atoms with Gasteiger partial charge in [-0.05, 0) is 59.6 Å². The number of ether oxygens (including phenoxy) is 1. The molecule has 0 N–H and O–H groups in total. The summed E-state index contributed by atoms with van der Waals surface area (Å²) in [7, 11) is 0. The third kappa shape index (κ3) is 4.03. The minimum atomic E-state index is 0.247. The van der Waals surface area contributed by atoms with Gasteiger partial charge in [-0.3, -0.25) is 9.88 Å². The van der Waals surface area contributed by atoms with Crippen molar-refractivity contribution in [2.45, 2.75) is 65.6 Å². The zero-order valence-corrected chi connectivity index (χ0v) is 18.1. The minimum Gasteiger partial charge on any atom is -0.490 e. The molecule has 0 radical (unpaired) electrons. The lowest BCUT2D eigenvalue weighted by molar-refractivity contribution is 0.0389. The van der Waals surface area contributed by atoms with Crippen molar-refractivity contribution in [1.29, 1.82) is 0 Å². The predicted octanol–water partition coefficient (Wildman–Crippen LogP) is 5.00. The van der Waals surface area contributed by atoms with Crippen LogP contribution >= 0.6 is 11.3 Å². The van der Waals surface area contributed by atoms with Crippen LogP contribution in [0.5, 0.6) is 5.75 Å². The van der Waals surface area contributed by atoms with Gasteiger partial charge >= 0.3 is 0 Å². The fourth-order valence-electron chi connectivity index (χ4n) is 4.23. The number of nitrogens with zero attached hydrogens (tertiary/aromatic N) is 4. The first-order chi connectivity index (χ1) is 13.4. The average Bonchev–Trinajstić information content (AvgIpc) is 2.99. The molecule has 4 rings (SSSR count). The van der Waals surface area contributed by atoms with Gasteiger partial charge in [-0.25, -0.2) is 9.97 Å². The van der Waals surface area contributed by atoms with Crippen LogP contribution in [0.3, 0.4) is 0 Å². The molecule has 0 unspecified atom stereocenters. The molecule has 6 heteroatoms. The second kappa shape index (κ2) is 7.76. The fraction of sp³-hybridized carbons (Fsp3) is 0.500. The van der Waals surface area contributed by atoms with E-state index in [0.29, 0.717) is 6.04 Å². The topological polar surface area (TPSA) is 51.1 Å². The third-order valence-corrected chi connectivity index (χ3v) is 6.47. The van der Waals surface area contributed by atoms with Gasteiger partial charge in [0, 0.05) is 42.1 Å². The van der Waals surface area contributed by atoms with Crippen molar-refractivity contribution in [3.63, 3.8) is 0 Å². The first-order valence-corrected chi connectivity index (χ1v) is 10.8. The lowest BCUT2D eigenvalue weighted by atomic mass is 9.97. The van der Waals surface area contributed by atoms with E-state index in [4.69, 9.17) is 9.72 Å². The highest BCUT2D eigenvalue weighted by atomic mass is 32.1. The molecular weight excluding hydrogens is 368 g/mol. The molecule has 3 aromatic rings. The van der Waals surface area contributed by atoms with Crippen molar-refractivity contribution in [2.75, 3.05) is 6.54 Å². The highest BCUT2D eigenvalue weighted by Gasteiger charge is 2.31. The third-order valence-electron chi connectivity index (χ3n) is 5.54. The smallest absolute Gasteiger partial charge is 0.170 e. The van der Waals surface area contributed by atoms with Crippen LogP contribution in [0.4, 0.5) is 0 Å².